The van der Waals surface area contributed by atoms with Crippen LogP contribution in [0.2, 0.25) is 0 Å². The Kier molecular flexibility index (Phi) is 4.95. The van der Waals surface area contributed by atoms with E-state index in [1.54, 1.807) is 12.1 Å². The van der Waals surface area contributed by atoms with Gasteiger partial charge in [-0.2, -0.15) is 0 Å². The second-order valence-corrected chi connectivity index (χ2v) is 5.22. The number of anilines is 1. The van der Waals surface area contributed by atoms with Crippen LogP contribution in [-0.2, 0) is 0 Å². The molecule has 0 bridgehead atoms. The van der Waals surface area contributed by atoms with Crippen LogP contribution >= 0.6 is 0 Å². The molecule has 0 saturated carbocycles. The van der Waals surface area contributed by atoms with Gasteiger partial charge in [0.1, 0.15) is 5.82 Å². The van der Waals surface area contributed by atoms with Crippen LogP contribution in [0.3, 0.4) is 0 Å². The highest BCUT2D eigenvalue weighted by Gasteiger charge is 2.27. The number of nitrogens with zero attached hydrogens (tertiary/aromatic N) is 1. The first-order valence-corrected chi connectivity index (χ1v) is 7.25. The number of nitrogens with two attached hydrogens (primary N) is 1. The third-order valence-electron chi connectivity index (χ3n) is 4.00. The minimum absolute atomic E-state index is 0.0802. The maximum atomic E-state index is 13.7. The van der Waals surface area contributed by atoms with Crippen molar-refractivity contribution in [2.75, 3.05) is 12.0 Å². The predicted molar refractivity (Wildman–Crippen MR) is 77.8 cm³/mol. The zero-order valence-electron chi connectivity index (χ0n) is 11.9. The Morgan fingerprint density at radius 3 is 2.95 bits per heavy atom. The van der Waals surface area contributed by atoms with E-state index in [0.717, 1.165) is 38.6 Å². The molecule has 1 atom stereocenters. The van der Waals surface area contributed by atoms with Crippen molar-refractivity contribution in [3.05, 3.63) is 29.6 Å². The van der Waals surface area contributed by atoms with E-state index in [1.165, 1.54) is 6.07 Å². The lowest BCUT2D eigenvalue weighted by Gasteiger charge is -2.30. The Balaban J connectivity index is 2.31. The number of hydrogen-bond donors (Lipinski definition) is 2. The van der Waals surface area contributed by atoms with Gasteiger partial charge < -0.3 is 10.3 Å². The van der Waals surface area contributed by atoms with Crippen molar-refractivity contribution in [3.63, 3.8) is 0 Å². The van der Waals surface area contributed by atoms with Gasteiger partial charge >= 0.3 is 0 Å². The van der Waals surface area contributed by atoms with E-state index in [4.69, 9.17) is 5.84 Å². The molecule has 0 spiro atoms. The van der Waals surface area contributed by atoms with Crippen molar-refractivity contribution in [2.24, 2.45) is 5.84 Å². The number of benzene rings is 1. The van der Waals surface area contributed by atoms with E-state index in [-0.39, 0.29) is 17.6 Å². The van der Waals surface area contributed by atoms with Gasteiger partial charge in [-0.25, -0.2) is 4.39 Å². The molecule has 20 heavy (non-hydrogen) atoms. The monoisotopic (exact) mass is 279 g/mol. The highest BCUT2D eigenvalue weighted by Crippen LogP contribution is 2.25. The van der Waals surface area contributed by atoms with Gasteiger partial charge in [0.2, 0.25) is 0 Å². The maximum absolute atomic E-state index is 13.7. The Morgan fingerprint density at radius 1 is 1.45 bits per heavy atom. The van der Waals surface area contributed by atoms with Gasteiger partial charge in [0, 0.05) is 12.6 Å². The molecule has 1 unspecified atom stereocenters. The number of halogens is 1. The van der Waals surface area contributed by atoms with Crippen LogP contribution in [-0.4, -0.2) is 23.4 Å². The van der Waals surface area contributed by atoms with Crippen LogP contribution in [0.4, 0.5) is 10.1 Å². The summed E-state index contributed by atoms with van der Waals surface area (Å²) < 4.78 is 13.7. The molecule has 1 aromatic rings. The van der Waals surface area contributed by atoms with Gasteiger partial charge in [0.05, 0.1) is 11.3 Å². The van der Waals surface area contributed by atoms with Crippen molar-refractivity contribution in [1.82, 2.24) is 4.90 Å². The predicted octanol–water partition coefficient (Wildman–Crippen LogP) is 2.91. The first kappa shape index (κ1) is 14.8. The lowest BCUT2D eigenvalue weighted by atomic mass is 10.1. The minimum atomic E-state index is -0.499. The summed E-state index contributed by atoms with van der Waals surface area (Å²) in [7, 11) is 0. The number of carbonyl (C=O) groups is 1. The molecule has 0 radical (unpaired) electrons. The van der Waals surface area contributed by atoms with Crippen LogP contribution in [0.25, 0.3) is 0 Å². The lowest BCUT2D eigenvalue weighted by Crippen LogP contribution is -2.40. The normalized spacial score (nSPS) is 19.6. The van der Waals surface area contributed by atoms with Crippen molar-refractivity contribution in [1.29, 1.82) is 0 Å². The highest BCUT2D eigenvalue weighted by atomic mass is 19.1. The fourth-order valence-electron chi connectivity index (χ4n) is 2.87. The summed E-state index contributed by atoms with van der Waals surface area (Å²) in [5, 5.41) is 0. The van der Waals surface area contributed by atoms with Crippen LogP contribution in [0.15, 0.2) is 18.2 Å². The summed E-state index contributed by atoms with van der Waals surface area (Å²) in [6, 6.07) is 4.70. The summed E-state index contributed by atoms with van der Waals surface area (Å²) in [4.78, 5) is 14.6. The third-order valence-corrected chi connectivity index (χ3v) is 4.00. The number of likely N-dealkylation sites (tertiary alicyclic amines) is 1. The SMILES string of the molecule is CCC1CCCCCN1C(=O)c1cccc(F)c1NN. The van der Waals surface area contributed by atoms with E-state index in [1.807, 2.05) is 4.90 Å². The van der Waals surface area contributed by atoms with Gasteiger partial charge in [-0.05, 0) is 31.4 Å². The first-order valence-electron chi connectivity index (χ1n) is 7.25. The van der Waals surface area contributed by atoms with Gasteiger partial charge in [0.15, 0.2) is 0 Å². The molecule has 1 amide bonds. The molecule has 110 valence electrons. The van der Waals surface area contributed by atoms with Crippen LogP contribution < -0.4 is 11.3 Å². The second kappa shape index (κ2) is 6.70. The van der Waals surface area contributed by atoms with E-state index < -0.39 is 5.82 Å². The highest BCUT2D eigenvalue weighted by molar-refractivity contribution is 5.99. The largest absolute Gasteiger partial charge is 0.336 e. The first-order chi connectivity index (χ1) is 9.69. The van der Waals surface area contributed by atoms with Gasteiger partial charge in [-0.1, -0.05) is 25.8 Å². The minimum Gasteiger partial charge on any atom is -0.336 e. The fraction of sp³-hybridized carbons (Fsp3) is 0.533. The molecule has 1 aliphatic rings. The van der Waals surface area contributed by atoms with E-state index in [0.29, 0.717) is 5.56 Å². The van der Waals surface area contributed by atoms with Crippen LogP contribution in [0.5, 0.6) is 0 Å². The molecule has 3 N–H and O–H groups in total. The number of amides is 1. The third kappa shape index (κ3) is 2.93. The standard InChI is InChI=1S/C15H22FN3O/c1-2-11-7-4-3-5-10-19(11)15(20)12-8-6-9-13(16)14(12)18-17/h6,8-9,11,18H,2-5,7,10,17H2,1H3. The van der Waals surface area contributed by atoms with Crippen molar-refractivity contribution in [3.8, 4) is 0 Å². The quantitative estimate of drug-likeness (QED) is 0.660. The average molecular weight is 279 g/mol. The van der Waals surface area contributed by atoms with Crippen LogP contribution in [0.1, 0.15) is 49.4 Å². The van der Waals surface area contributed by atoms with Gasteiger partial charge in [-0.15, -0.1) is 0 Å². The zero-order chi connectivity index (χ0) is 14.5. The number of rotatable bonds is 3. The van der Waals surface area contributed by atoms with Crippen molar-refractivity contribution in [2.45, 2.75) is 45.1 Å². The molecule has 1 aliphatic heterocycles. The molecular weight excluding hydrogens is 257 g/mol. The average Bonchev–Trinajstić information content (AvgIpc) is 2.71. The molecule has 1 saturated heterocycles. The number of para-hydroxylation sites is 1. The molecule has 1 fully saturated rings. The number of hydrogen-bond acceptors (Lipinski definition) is 3. The molecule has 1 heterocycles. The second-order valence-electron chi connectivity index (χ2n) is 5.22. The Bertz CT molecular complexity index is 478. The number of hydrazine groups is 1. The molecule has 4 nitrogen and oxygen atoms in total. The summed E-state index contributed by atoms with van der Waals surface area (Å²) >= 11 is 0. The summed E-state index contributed by atoms with van der Waals surface area (Å²) in [5.74, 6) is 4.72. The summed E-state index contributed by atoms with van der Waals surface area (Å²) in [6.07, 6.45) is 5.23. The van der Waals surface area contributed by atoms with Crippen LogP contribution in [0, 0.1) is 5.82 Å². The summed E-state index contributed by atoms with van der Waals surface area (Å²) in [6.45, 7) is 2.82. The molecule has 0 aromatic heterocycles. The van der Waals surface area contributed by atoms with Gasteiger partial charge in [0.25, 0.3) is 5.91 Å². The van der Waals surface area contributed by atoms with E-state index in [9.17, 15) is 9.18 Å². The Morgan fingerprint density at radius 2 is 2.25 bits per heavy atom. The molecule has 5 heteroatoms. The lowest BCUT2D eigenvalue weighted by molar-refractivity contribution is 0.0678. The van der Waals surface area contributed by atoms with E-state index in [2.05, 4.69) is 12.3 Å². The topological polar surface area (TPSA) is 58.4 Å². The Labute approximate surface area is 119 Å². The number of carbonyl (C=O) groups excluding carboxylic acids is 1. The molecule has 2 rings (SSSR count). The smallest absolute Gasteiger partial charge is 0.256 e. The summed E-state index contributed by atoms with van der Waals surface area (Å²) in [5.41, 5.74) is 2.70. The number of nitrogens with one attached hydrogen (secondary N) is 1. The van der Waals surface area contributed by atoms with E-state index >= 15 is 0 Å². The fourth-order valence-corrected chi connectivity index (χ4v) is 2.87. The molecular formula is C15H22FN3O. The molecule has 0 aliphatic carbocycles. The van der Waals surface area contributed by atoms with Crippen molar-refractivity contribution >= 4 is 11.6 Å². The zero-order valence-corrected chi connectivity index (χ0v) is 11.9. The van der Waals surface area contributed by atoms with Gasteiger partial charge in [-0.3, -0.25) is 10.6 Å². The number of nitrogen functional groups attached to an aromatic ring is 1. The Hall–Kier alpha value is -1.62. The van der Waals surface area contributed by atoms with Crippen molar-refractivity contribution < 1.29 is 9.18 Å². The molecule has 1 aromatic carbocycles. The maximum Gasteiger partial charge on any atom is 0.256 e.